The van der Waals surface area contributed by atoms with E-state index in [4.69, 9.17) is 16.9 Å². The zero-order valence-electron chi connectivity index (χ0n) is 11.1. The molecule has 5 nitrogen and oxygen atoms in total. The van der Waals surface area contributed by atoms with Crippen molar-refractivity contribution < 1.29 is 0 Å². The Balaban J connectivity index is 1.79. The maximum Gasteiger partial charge on any atom is 0.132 e. The molecule has 6 heteroatoms. The van der Waals surface area contributed by atoms with Crippen LogP contribution in [0.5, 0.6) is 0 Å². The molecule has 1 aromatic rings. The van der Waals surface area contributed by atoms with Crippen LogP contribution in [0.15, 0.2) is 12.1 Å². The van der Waals surface area contributed by atoms with Crippen molar-refractivity contribution in [2.75, 3.05) is 51.6 Å². The summed E-state index contributed by atoms with van der Waals surface area (Å²) >= 11 is 5.85. The van der Waals surface area contributed by atoms with Crippen molar-refractivity contribution in [2.45, 2.75) is 0 Å². The topological polar surface area (TPSA) is 55.2 Å². The Bertz CT molecular complexity index is 463. The van der Waals surface area contributed by atoms with Crippen molar-refractivity contribution >= 4 is 17.4 Å². The van der Waals surface area contributed by atoms with Gasteiger partial charge in [-0.1, -0.05) is 11.6 Å². The fraction of sp³-hybridized carbons (Fsp3) is 0.538. The van der Waals surface area contributed by atoms with Gasteiger partial charge < -0.3 is 10.2 Å². The van der Waals surface area contributed by atoms with E-state index in [-0.39, 0.29) is 0 Å². The molecule has 1 aliphatic heterocycles. The van der Waals surface area contributed by atoms with Gasteiger partial charge in [0.15, 0.2) is 0 Å². The number of pyridine rings is 1. The predicted molar refractivity (Wildman–Crippen MR) is 76.4 cm³/mol. The van der Waals surface area contributed by atoms with E-state index in [9.17, 15) is 0 Å². The molecule has 0 aromatic carbocycles. The highest BCUT2D eigenvalue weighted by atomic mass is 35.5. The molecule has 1 fully saturated rings. The summed E-state index contributed by atoms with van der Waals surface area (Å²) in [6, 6.07) is 5.35. The first-order valence-electron chi connectivity index (χ1n) is 6.40. The predicted octanol–water partition coefficient (Wildman–Crippen LogP) is 1.27. The van der Waals surface area contributed by atoms with Gasteiger partial charge in [0.25, 0.3) is 0 Å². The van der Waals surface area contributed by atoms with E-state index in [2.05, 4.69) is 33.2 Å². The first kappa shape index (κ1) is 14.1. The van der Waals surface area contributed by atoms with Gasteiger partial charge in [0.05, 0.1) is 11.6 Å². The molecule has 0 unspecified atom stereocenters. The molecule has 1 saturated heterocycles. The summed E-state index contributed by atoms with van der Waals surface area (Å²) in [5.74, 6) is 0.665. The lowest BCUT2D eigenvalue weighted by molar-refractivity contribution is 0.158. The van der Waals surface area contributed by atoms with E-state index in [1.54, 1.807) is 12.1 Å². The van der Waals surface area contributed by atoms with Crippen LogP contribution in [-0.4, -0.2) is 61.1 Å². The Kier molecular flexibility index (Phi) is 4.97. The summed E-state index contributed by atoms with van der Waals surface area (Å²) in [7, 11) is 2.15. The van der Waals surface area contributed by atoms with Crippen molar-refractivity contribution in [3.8, 4) is 6.07 Å². The quantitative estimate of drug-likeness (QED) is 0.841. The highest BCUT2D eigenvalue weighted by Gasteiger charge is 2.12. The number of anilines is 1. The normalized spacial score (nSPS) is 17.1. The van der Waals surface area contributed by atoms with Crippen LogP contribution >= 0.6 is 11.6 Å². The van der Waals surface area contributed by atoms with Gasteiger partial charge in [-0.25, -0.2) is 4.98 Å². The van der Waals surface area contributed by atoms with E-state index >= 15 is 0 Å². The molecule has 0 spiro atoms. The molecule has 1 aliphatic rings. The van der Waals surface area contributed by atoms with Crippen molar-refractivity contribution in [1.29, 1.82) is 5.26 Å². The monoisotopic (exact) mass is 279 g/mol. The Labute approximate surface area is 118 Å². The third kappa shape index (κ3) is 4.35. The Morgan fingerprint density at radius 3 is 2.79 bits per heavy atom. The number of hydrogen-bond donors (Lipinski definition) is 1. The van der Waals surface area contributed by atoms with Crippen molar-refractivity contribution in [3.05, 3.63) is 22.8 Å². The number of halogens is 1. The Morgan fingerprint density at radius 1 is 1.37 bits per heavy atom. The van der Waals surface area contributed by atoms with E-state index in [1.807, 2.05) is 0 Å². The minimum absolute atomic E-state index is 0.348. The lowest BCUT2D eigenvalue weighted by atomic mass is 10.3. The van der Waals surface area contributed by atoms with Crippen LogP contribution in [0.25, 0.3) is 0 Å². The number of nitriles is 1. The first-order chi connectivity index (χ1) is 9.17. The number of nitrogens with zero attached hydrogens (tertiary/aromatic N) is 4. The fourth-order valence-corrected chi connectivity index (χ4v) is 2.27. The molecule has 0 saturated carbocycles. The molecule has 19 heavy (non-hydrogen) atoms. The van der Waals surface area contributed by atoms with Crippen molar-refractivity contribution in [1.82, 2.24) is 14.8 Å². The van der Waals surface area contributed by atoms with Gasteiger partial charge in [0, 0.05) is 39.3 Å². The number of rotatable bonds is 4. The van der Waals surface area contributed by atoms with Gasteiger partial charge in [-0.05, 0) is 19.2 Å². The van der Waals surface area contributed by atoms with E-state index in [0.717, 1.165) is 39.3 Å². The summed E-state index contributed by atoms with van der Waals surface area (Å²) < 4.78 is 0. The fourth-order valence-electron chi connectivity index (χ4n) is 2.07. The molecule has 2 heterocycles. The molecule has 102 valence electrons. The van der Waals surface area contributed by atoms with Crippen LogP contribution in [0, 0.1) is 11.3 Å². The van der Waals surface area contributed by atoms with Gasteiger partial charge in [-0.3, -0.25) is 4.90 Å². The SMILES string of the molecule is CN1CCN(CCNc2cc(C#N)cc(Cl)n2)CC1. The molecular weight excluding hydrogens is 262 g/mol. The summed E-state index contributed by atoms with van der Waals surface area (Å²) in [5.41, 5.74) is 0.530. The molecule has 0 aliphatic carbocycles. The van der Waals surface area contributed by atoms with Crippen LogP contribution in [0.1, 0.15) is 5.56 Å². The zero-order chi connectivity index (χ0) is 13.7. The zero-order valence-corrected chi connectivity index (χ0v) is 11.8. The molecular formula is C13H18ClN5. The average Bonchev–Trinajstić information content (AvgIpc) is 2.40. The minimum Gasteiger partial charge on any atom is -0.369 e. The van der Waals surface area contributed by atoms with Gasteiger partial charge in [-0.2, -0.15) is 5.26 Å². The number of piperazine rings is 1. The molecule has 0 radical (unpaired) electrons. The Morgan fingerprint density at radius 2 is 2.11 bits per heavy atom. The molecule has 0 atom stereocenters. The molecule has 0 amide bonds. The van der Waals surface area contributed by atoms with Crippen molar-refractivity contribution in [3.63, 3.8) is 0 Å². The second-order valence-corrected chi connectivity index (χ2v) is 5.13. The number of hydrogen-bond acceptors (Lipinski definition) is 5. The minimum atomic E-state index is 0.348. The number of likely N-dealkylation sites (N-methyl/N-ethyl adjacent to an activating group) is 1. The first-order valence-corrected chi connectivity index (χ1v) is 6.77. The van der Waals surface area contributed by atoms with E-state index in [1.165, 1.54) is 0 Å². The Hall–Kier alpha value is -1.35. The van der Waals surface area contributed by atoms with Gasteiger partial charge in [0.2, 0.25) is 0 Å². The lowest BCUT2D eigenvalue weighted by Gasteiger charge is -2.32. The molecule has 2 rings (SSSR count). The molecule has 1 aromatic heterocycles. The van der Waals surface area contributed by atoms with Crippen LogP contribution in [0.2, 0.25) is 5.15 Å². The van der Waals surface area contributed by atoms with Gasteiger partial charge >= 0.3 is 0 Å². The summed E-state index contributed by atoms with van der Waals surface area (Å²) in [6.45, 7) is 6.23. The van der Waals surface area contributed by atoms with Crippen molar-refractivity contribution in [2.24, 2.45) is 0 Å². The standard InChI is InChI=1S/C13H18ClN5/c1-18-4-6-19(7-5-18)3-2-16-13-9-11(10-15)8-12(14)17-13/h8-9H,2-7H2,1H3,(H,16,17). The van der Waals surface area contributed by atoms with Crippen LogP contribution in [0.4, 0.5) is 5.82 Å². The largest absolute Gasteiger partial charge is 0.369 e. The molecule has 1 N–H and O–H groups in total. The smallest absolute Gasteiger partial charge is 0.132 e. The third-order valence-corrected chi connectivity index (χ3v) is 3.45. The lowest BCUT2D eigenvalue weighted by Crippen LogP contribution is -2.45. The van der Waals surface area contributed by atoms with Crippen LogP contribution in [0.3, 0.4) is 0 Å². The second-order valence-electron chi connectivity index (χ2n) is 4.75. The van der Waals surface area contributed by atoms with Gasteiger partial charge in [0.1, 0.15) is 11.0 Å². The summed E-state index contributed by atoms with van der Waals surface area (Å²) in [6.07, 6.45) is 0. The molecule has 0 bridgehead atoms. The summed E-state index contributed by atoms with van der Waals surface area (Å²) in [4.78, 5) is 8.91. The van der Waals surface area contributed by atoms with Gasteiger partial charge in [-0.15, -0.1) is 0 Å². The number of aromatic nitrogens is 1. The van der Waals surface area contributed by atoms with Crippen LogP contribution in [-0.2, 0) is 0 Å². The second kappa shape index (κ2) is 6.71. The average molecular weight is 280 g/mol. The maximum atomic E-state index is 8.86. The highest BCUT2D eigenvalue weighted by Crippen LogP contribution is 2.13. The van der Waals surface area contributed by atoms with E-state index in [0.29, 0.717) is 16.5 Å². The maximum absolute atomic E-state index is 8.86. The van der Waals surface area contributed by atoms with Crippen LogP contribution < -0.4 is 5.32 Å². The summed E-state index contributed by atoms with van der Waals surface area (Å²) in [5, 5.41) is 12.4. The third-order valence-electron chi connectivity index (χ3n) is 3.25. The van der Waals surface area contributed by atoms with E-state index < -0.39 is 0 Å². The highest BCUT2D eigenvalue weighted by molar-refractivity contribution is 6.29. The number of nitrogens with one attached hydrogen (secondary N) is 1.